The minimum atomic E-state index is -1.47. The summed E-state index contributed by atoms with van der Waals surface area (Å²) in [6.45, 7) is 1.86. The summed E-state index contributed by atoms with van der Waals surface area (Å²) in [7, 11) is 1.18. The normalized spacial score (nSPS) is 12.6. The Kier molecular flexibility index (Phi) is 2.77. The largest absolute Gasteiger partial charge is 0.507 e. The van der Waals surface area contributed by atoms with E-state index in [1.54, 1.807) is 12.1 Å². The Morgan fingerprint density at radius 3 is 2.82 bits per heavy atom. The lowest BCUT2D eigenvalue weighted by atomic mass is 10.1. The molecular weight excluding hydrogens is 222 g/mol. The number of aryl methyl sites for hydroxylation is 1. The zero-order valence-corrected chi connectivity index (χ0v) is 9.52. The van der Waals surface area contributed by atoms with Gasteiger partial charge in [-0.15, -0.1) is 0 Å². The van der Waals surface area contributed by atoms with Gasteiger partial charge in [0.05, 0.1) is 7.11 Å². The van der Waals surface area contributed by atoms with E-state index in [-0.39, 0.29) is 11.3 Å². The molecule has 0 saturated heterocycles. The molecule has 1 unspecified atom stereocenters. The van der Waals surface area contributed by atoms with E-state index in [2.05, 4.69) is 9.72 Å². The number of carbonyl (C=O) groups is 1. The topological polar surface area (TPSA) is 82.5 Å². The number of benzene rings is 1. The van der Waals surface area contributed by atoms with E-state index in [1.165, 1.54) is 13.2 Å². The fourth-order valence-corrected chi connectivity index (χ4v) is 1.80. The number of esters is 1. The maximum Gasteiger partial charge on any atom is 0.339 e. The zero-order chi connectivity index (χ0) is 12.6. The Labute approximate surface area is 97.6 Å². The summed E-state index contributed by atoms with van der Waals surface area (Å²) < 4.78 is 4.43. The van der Waals surface area contributed by atoms with Crippen LogP contribution in [0.3, 0.4) is 0 Å². The van der Waals surface area contributed by atoms with Crippen molar-refractivity contribution >= 4 is 16.9 Å². The number of H-pyrrole nitrogens is 1. The van der Waals surface area contributed by atoms with Crippen molar-refractivity contribution in [2.24, 2.45) is 0 Å². The number of fused-ring (bicyclic) bond motifs is 1. The van der Waals surface area contributed by atoms with E-state index in [1.807, 2.05) is 6.92 Å². The van der Waals surface area contributed by atoms with Crippen LogP contribution in [0.1, 0.15) is 17.4 Å². The van der Waals surface area contributed by atoms with Crippen LogP contribution in [0.4, 0.5) is 0 Å². The number of hydrogen-bond donors (Lipinski definition) is 3. The summed E-state index contributed by atoms with van der Waals surface area (Å²) in [6, 6.07) is 4.94. The van der Waals surface area contributed by atoms with E-state index in [0.29, 0.717) is 5.39 Å². The van der Waals surface area contributed by atoms with Crippen molar-refractivity contribution in [2.75, 3.05) is 7.11 Å². The first kappa shape index (κ1) is 11.5. The second-order valence-corrected chi connectivity index (χ2v) is 3.84. The van der Waals surface area contributed by atoms with Crippen LogP contribution in [0.2, 0.25) is 0 Å². The Hall–Kier alpha value is -2.01. The molecule has 0 bridgehead atoms. The number of hydrogen-bond acceptors (Lipinski definition) is 4. The third kappa shape index (κ3) is 1.85. The molecule has 0 fully saturated rings. The number of aromatic amines is 1. The van der Waals surface area contributed by atoms with Gasteiger partial charge in [0.15, 0.2) is 6.10 Å². The predicted molar refractivity (Wildman–Crippen MR) is 61.7 cm³/mol. The van der Waals surface area contributed by atoms with Crippen LogP contribution in [-0.2, 0) is 9.53 Å². The lowest BCUT2D eigenvalue weighted by Gasteiger charge is -2.10. The van der Waals surface area contributed by atoms with Gasteiger partial charge in [0.25, 0.3) is 0 Å². The van der Waals surface area contributed by atoms with Gasteiger partial charge < -0.3 is 19.9 Å². The van der Waals surface area contributed by atoms with Crippen LogP contribution in [0.5, 0.6) is 5.75 Å². The molecule has 2 rings (SSSR count). The molecule has 5 nitrogen and oxygen atoms in total. The van der Waals surface area contributed by atoms with Crippen molar-refractivity contribution < 1.29 is 19.7 Å². The van der Waals surface area contributed by atoms with Crippen molar-refractivity contribution in [3.05, 3.63) is 29.5 Å². The fraction of sp³-hybridized carbons (Fsp3) is 0.250. The molecule has 1 heterocycles. The maximum absolute atomic E-state index is 11.2. The number of phenols is 1. The van der Waals surface area contributed by atoms with Gasteiger partial charge in [-0.2, -0.15) is 0 Å². The molecule has 0 radical (unpaired) electrons. The molecule has 1 aromatic carbocycles. The first-order chi connectivity index (χ1) is 8.04. The molecule has 17 heavy (non-hydrogen) atoms. The number of aliphatic hydroxyl groups is 1. The van der Waals surface area contributed by atoms with Gasteiger partial charge in [-0.1, -0.05) is 6.07 Å². The minimum Gasteiger partial charge on any atom is -0.507 e. The van der Waals surface area contributed by atoms with E-state index >= 15 is 0 Å². The Bertz CT molecular complexity index is 573. The number of carbonyl (C=O) groups excluding carboxylic acids is 1. The van der Waals surface area contributed by atoms with Crippen LogP contribution in [0.15, 0.2) is 18.2 Å². The molecule has 1 atom stereocenters. The highest BCUT2D eigenvalue weighted by molar-refractivity contribution is 5.90. The number of methoxy groups -OCH3 is 1. The lowest BCUT2D eigenvalue weighted by Crippen LogP contribution is -2.13. The van der Waals surface area contributed by atoms with E-state index in [0.717, 1.165) is 11.2 Å². The third-order valence-electron chi connectivity index (χ3n) is 2.66. The van der Waals surface area contributed by atoms with Gasteiger partial charge in [-0.05, 0) is 19.1 Å². The summed E-state index contributed by atoms with van der Waals surface area (Å²) in [5.41, 5.74) is 1.78. The van der Waals surface area contributed by atoms with Crippen molar-refractivity contribution in [1.29, 1.82) is 0 Å². The van der Waals surface area contributed by atoms with Gasteiger partial charge in [0.2, 0.25) is 0 Å². The molecule has 0 aliphatic rings. The molecule has 3 N–H and O–H groups in total. The second-order valence-electron chi connectivity index (χ2n) is 3.84. The van der Waals surface area contributed by atoms with Crippen LogP contribution in [-0.4, -0.2) is 28.3 Å². The number of rotatable bonds is 2. The molecule has 0 aliphatic carbocycles. The van der Waals surface area contributed by atoms with Crippen LogP contribution in [0, 0.1) is 6.92 Å². The quantitative estimate of drug-likeness (QED) is 0.687. The number of aromatic hydroxyl groups is 1. The van der Waals surface area contributed by atoms with Crippen LogP contribution >= 0.6 is 0 Å². The standard InChI is InChI=1S/C12H13NO4/c1-6-5-8-9(13-6)4-3-7(10(8)14)11(15)12(16)17-2/h3-5,11,13-15H,1-2H3. The molecule has 90 valence electrons. The van der Waals surface area contributed by atoms with Gasteiger partial charge in [-0.3, -0.25) is 0 Å². The van der Waals surface area contributed by atoms with Crippen LogP contribution in [0.25, 0.3) is 10.9 Å². The van der Waals surface area contributed by atoms with E-state index in [9.17, 15) is 15.0 Å². The van der Waals surface area contributed by atoms with Gasteiger partial charge in [0.1, 0.15) is 5.75 Å². The number of ether oxygens (including phenoxy) is 1. The van der Waals surface area contributed by atoms with Crippen molar-refractivity contribution in [3.63, 3.8) is 0 Å². The molecule has 5 heteroatoms. The smallest absolute Gasteiger partial charge is 0.339 e. The molecule has 2 aromatic rings. The lowest BCUT2D eigenvalue weighted by molar-refractivity contribution is -0.150. The summed E-state index contributed by atoms with van der Waals surface area (Å²) in [6.07, 6.45) is -1.47. The van der Waals surface area contributed by atoms with Crippen molar-refractivity contribution in [3.8, 4) is 5.75 Å². The first-order valence-corrected chi connectivity index (χ1v) is 5.11. The Balaban J connectivity index is 2.55. The molecule has 0 spiro atoms. The number of nitrogens with one attached hydrogen (secondary N) is 1. The van der Waals surface area contributed by atoms with Crippen molar-refractivity contribution in [2.45, 2.75) is 13.0 Å². The summed E-state index contributed by atoms with van der Waals surface area (Å²) in [5.74, 6) is -0.906. The maximum atomic E-state index is 11.2. The van der Waals surface area contributed by atoms with E-state index < -0.39 is 12.1 Å². The highest BCUT2D eigenvalue weighted by atomic mass is 16.5. The second kappa shape index (κ2) is 4.10. The average molecular weight is 235 g/mol. The highest BCUT2D eigenvalue weighted by Crippen LogP contribution is 2.33. The average Bonchev–Trinajstić information content (AvgIpc) is 2.69. The molecular formula is C12H13NO4. The van der Waals surface area contributed by atoms with E-state index in [4.69, 9.17) is 0 Å². The van der Waals surface area contributed by atoms with Crippen molar-refractivity contribution in [1.82, 2.24) is 4.98 Å². The Morgan fingerprint density at radius 2 is 2.18 bits per heavy atom. The molecule has 0 saturated carbocycles. The molecule has 0 aliphatic heterocycles. The third-order valence-corrected chi connectivity index (χ3v) is 2.66. The minimum absolute atomic E-state index is 0.107. The predicted octanol–water partition coefficient (Wildman–Crippen LogP) is 1.39. The van der Waals surface area contributed by atoms with Crippen LogP contribution < -0.4 is 0 Å². The Morgan fingerprint density at radius 1 is 1.47 bits per heavy atom. The summed E-state index contributed by atoms with van der Waals surface area (Å²) >= 11 is 0. The van der Waals surface area contributed by atoms with Gasteiger partial charge >= 0.3 is 5.97 Å². The number of phenolic OH excluding ortho intramolecular Hbond substituents is 1. The fourth-order valence-electron chi connectivity index (χ4n) is 1.80. The van der Waals surface area contributed by atoms with Gasteiger partial charge in [-0.25, -0.2) is 4.79 Å². The molecule has 0 amide bonds. The summed E-state index contributed by atoms with van der Waals surface area (Å²) in [4.78, 5) is 14.3. The first-order valence-electron chi connectivity index (χ1n) is 5.11. The summed E-state index contributed by atoms with van der Waals surface area (Å²) in [5, 5.41) is 20.3. The number of aliphatic hydroxyl groups excluding tert-OH is 1. The van der Waals surface area contributed by atoms with Gasteiger partial charge in [0, 0.05) is 22.2 Å². The SMILES string of the molecule is COC(=O)C(O)c1ccc2[nH]c(C)cc2c1O. The highest BCUT2D eigenvalue weighted by Gasteiger charge is 2.22. The zero-order valence-electron chi connectivity index (χ0n) is 9.52. The number of aromatic nitrogens is 1. The molecule has 1 aromatic heterocycles. The monoisotopic (exact) mass is 235 g/mol.